The second-order valence-electron chi connectivity index (χ2n) is 6.24. The predicted octanol–water partition coefficient (Wildman–Crippen LogP) is 2.54. The molecule has 148 valence electrons. The summed E-state index contributed by atoms with van der Waals surface area (Å²) in [6.45, 7) is -0.559. The Bertz CT molecular complexity index is 992. The van der Waals surface area contributed by atoms with E-state index in [0.29, 0.717) is 6.42 Å². The maximum atomic E-state index is 13.9. The van der Waals surface area contributed by atoms with Gasteiger partial charge in [-0.15, -0.1) is 0 Å². The molecule has 0 saturated carbocycles. The van der Waals surface area contributed by atoms with Gasteiger partial charge in [0.05, 0.1) is 0 Å². The Hall–Kier alpha value is -2.65. The van der Waals surface area contributed by atoms with E-state index < -0.39 is 51.0 Å². The van der Waals surface area contributed by atoms with Crippen molar-refractivity contribution >= 4 is 21.8 Å². The van der Waals surface area contributed by atoms with E-state index in [9.17, 15) is 26.8 Å². The number of hydrogen-bond acceptors (Lipinski definition) is 5. The minimum atomic E-state index is -4.23. The first kappa shape index (κ1) is 20.1. The summed E-state index contributed by atoms with van der Waals surface area (Å²) in [6, 6.07) is 8.51. The van der Waals surface area contributed by atoms with Crippen molar-refractivity contribution in [3.05, 3.63) is 65.7 Å². The van der Waals surface area contributed by atoms with Crippen LogP contribution in [0.15, 0.2) is 53.4 Å². The van der Waals surface area contributed by atoms with Gasteiger partial charge in [-0.1, -0.05) is 12.1 Å². The van der Waals surface area contributed by atoms with Gasteiger partial charge in [0, 0.05) is 12.1 Å². The summed E-state index contributed by atoms with van der Waals surface area (Å²) in [5, 5.41) is 0. The molecule has 2 aromatic rings. The van der Waals surface area contributed by atoms with E-state index in [-0.39, 0.29) is 18.5 Å². The fourth-order valence-electron chi connectivity index (χ4n) is 3.00. The number of rotatable bonds is 6. The van der Waals surface area contributed by atoms with E-state index >= 15 is 0 Å². The van der Waals surface area contributed by atoms with Crippen LogP contribution < -0.4 is 0 Å². The maximum absolute atomic E-state index is 13.9. The van der Waals surface area contributed by atoms with Gasteiger partial charge >= 0.3 is 5.97 Å². The highest BCUT2D eigenvalue weighted by Crippen LogP contribution is 2.28. The molecule has 0 N–H and O–H groups in total. The van der Waals surface area contributed by atoms with Gasteiger partial charge in [0.25, 0.3) is 0 Å². The fraction of sp³-hybridized carbons (Fsp3) is 0.263. The first-order valence-electron chi connectivity index (χ1n) is 8.52. The molecule has 9 heteroatoms. The Balaban J connectivity index is 1.70. The van der Waals surface area contributed by atoms with Crippen LogP contribution in [0.25, 0.3) is 0 Å². The number of hydrogen-bond donors (Lipinski definition) is 0. The van der Waals surface area contributed by atoms with Crippen molar-refractivity contribution in [2.75, 3.05) is 13.2 Å². The summed E-state index contributed by atoms with van der Waals surface area (Å²) in [5.74, 6) is -2.84. The molecule has 0 radical (unpaired) electrons. The molecular weight excluding hydrogens is 392 g/mol. The lowest BCUT2D eigenvalue weighted by Crippen LogP contribution is -2.42. The lowest BCUT2D eigenvalue weighted by Gasteiger charge is -2.22. The van der Waals surface area contributed by atoms with Gasteiger partial charge in [-0.25, -0.2) is 17.2 Å². The molecule has 3 rings (SSSR count). The van der Waals surface area contributed by atoms with Gasteiger partial charge in [0.1, 0.15) is 22.6 Å². The number of carbonyl (C=O) groups is 2. The third-order valence-corrected chi connectivity index (χ3v) is 6.35. The van der Waals surface area contributed by atoms with Crippen molar-refractivity contribution < 1.29 is 31.5 Å². The lowest BCUT2D eigenvalue weighted by atomic mass is 10.1. The summed E-state index contributed by atoms with van der Waals surface area (Å²) < 4.78 is 58.2. The molecule has 0 spiro atoms. The Labute approximate surface area is 160 Å². The molecule has 2 aromatic carbocycles. The number of esters is 1. The molecule has 1 aliphatic heterocycles. The number of sulfonamides is 1. The number of Topliss-reactive ketones (excluding diaryl/α,β-unsaturated/α-hetero) is 1. The highest BCUT2D eigenvalue weighted by atomic mass is 32.2. The number of halogens is 2. The summed E-state index contributed by atoms with van der Waals surface area (Å²) in [4.78, 5) is 23.9. The molecule has 0 aliphatic carbocycles. The Morgan fingerprint density at radius 1 is 1.07 bits per heavy atom. The van der Waals surface area contributed by atoms with Crippen LogP contribution in [0.4, 0.5) is 8.78 Å². The third kappa shape index (κ3) is 4.10. The summed E-state index contributed by atoms with van der Waals surface area (Å²) in [6.07, 6.45) is 0.608. The second kappa shape index (κ2) is 8.15. The second-order valence-corrected chi connectivity index (χ2v) is 8.10. The quantitative estimate of drug-likeness (QED) is 0.541. The number of ether oxygens (including phenoxy) is 1. The summed E-state index contributed by atoms with van der Waals surface area (Å²) in [5.41, 5.74) is 0.163. The van der Waals surface area contributed by atoms with Crippen molar-refractivity contribution in [1.82, 2.24) is 4.31 Å². The third-order valence-electron chi connectivity index (χ3n) is 4.41. The minimum Gasteiger partial charge on any atom is -0.456 e. The van der Waals surface area contributed by atoms with Gasteiger partial charge < -0.3 is 4.74 Å². The molecule has 1 saturated heterocycles. The molecule has 28 heavy (non-hydrogen) atoms. The monoisotopic (exact) mass is 409 g/mol. The summed E-state index contributed by atoms with van der Waals surface area (Å²) in [7, 11) is -4.23. The van der Waals surface area contributed by atoms with E-state index in [2.05, 4.69) is 0 Å². The largest absolute Gasteiger partial charge is 0.456 e. The Morgan fingerprint density at radius 3 is 2.43 bits per heavy atom. The van der Waals surface area contributed by atoms with Gasteiger partial charge in [0.15, 0.2) is 12.4 Å². The van der Waals surface area contributed by atoms with E-state index in [1.807, 2.05) is 0 Å². The van der Waals surface area contributed by atoms with Crippen LogP contribution in [0, 0.1) is 11.6 Å². The molecule has 6 nitrogen and oxygen atoms in total. The normalized spacial score (nSPS) is 17.4. The Kier molecular flexibility index (Phi) is 5.85. The number of benzene rings is 2. The van der Waals surface area contributed by atoms with Crippen molar-refractivity contribution in [2.24, 2.45) is 0 Å². The topological polar surface area (TPSA) is 80.8 Å². The molecule has 1 fully saturated rings. The molecule has 1 aliphatic rings. The molecular formula is C19H17F2NO5S. The van der Waals surface area contributed by atoms with E-state index in [1.54, 1.807) is 0 Å². The van der Waals surface area contributed by atoms with Gasteiger partial charge in [-0.2, -0.15) is 4.31 Å². The minimum absolute atomic E-state index is 0.0440. The van der Waals surface area contributed by atoms with E-state index in [0.717, 1.165) is 28.6 Å². The average Bonchev–Trinajstić information content (AvgIpc) is 3.17. The first-order chi connectivity index (χ1) is 13.3. The zero-order valence-electron chi connectivity index (χ0n) is 14.7. The van der Waals surface area contributed by atoms with Gasteiger partial charge in [0.2, 0.25) is 10.0 Å². The molecule has 1 heterocycles. The van der Waals surface area contributed by atoms with Gasteiger partial charge in [-0.3, -0.25) is 9.59 Å². The highest BCUT2D eigenvalue weighted by Gasteiger charge is 2.41. The molecule has 0 aromatic heterocycles. The number of ketones is 1. The first-order valence-corrected chi connectivity index (χ1v) is 9.96. The fourth-order valence-corrected chi connectivity index (χ4v) is 4.71. The van der Waals surface area contributed by atoms with Crippen molar-refractivity contribution in [1.29, 1.82) is 0 Å². The van der Waals surface area contributed by atoms with Crippen LogP contribution in [-0.2, 0) is 19.6 Å². The van der Waals surface area contributed by atoms with Crippen LogP contribution in [0.2, 0.25) is 0 Å². The maximum Gasteiger partial charge on any atom is 0.324 e. The van der Waals surface area contributed by atoms with Crippen molar-refractivity contribution in [3.8, 4) is 0 Å². The highest BCUT2D eigenvalue weighted by molar-refractivity contribution is 7.89. The number of nitrogens with zero attached hydrogens (tertiary/aromatic N) is 1. The number of carbonyl (C=O) groups excluding carboxylic acids is 2. The smallest absolute Gasteiger partial charge is 0.324 e. The zero-order valence-corrected chi connectivity index (χ0v) is 15.5. The van der Waals surface area contributed by atoms with Crippen LogP contribution in [0.3, 0.4) is 0 Å². The van der Waals surface area contributed by atoms with Crippen LogP contribution in [-0.4, -0.2) is 43.7 Å². The summed E-state index contributed by atoms with van der Waals surface area (Å²) >= 11 is 0. The van der Waals surface area contributed by atoms with E-state index in [1.165, 1.54) is 24.3 Å². The van der Waals surface area contributed by atoms with Crippen molar-refractivity contribution in [3.63, 3.8) is 0 Å². The molecule has 0 amide bonds. The molecule has 0 bridgehead atoms. The van der Waals surface area contributed by atoms with Gasteiger partial charge in [-0.05, 0) is 49.2 Å². The average molecular weight is 409 g/mol. The Morgan fingerprint density at radius 2 is 1.75 bits per heavy atom. The van der Waals surface area contributed by atoms with Crippen LogP contribution >= 0.6 is 0 Å². The molecule has 1 atom stereocenters. The van der Waals surface area contributed by atoms with Crippen LogP contribution in [0.1, 0.15) is 23.2 Å². The standard InChI is InChI=1S/C19H17F2NO5S/c20-14-9-7-13(8-10-14)17(23)12-27-19(24)16-5-3-11-22(16)28(25,26)18-6-2-1-4-15(18)21/h1-2,4,6-10,16H,3,5,11-12H2/t16-/m0/s1. The predicted molar refractivity (Wildman–Crippen MR) is 95.0 cm³/mol. The zero-order chi connectivity index (χ0) is 20.3. The molecule has 0 unspecified atom stereocenters. The van der Waals surface area contributed by atoms with Crippen LogP contribution in [0.5, 0.6) is 0 Å². The van der Waals surface area contributed by atoms with Crippen molar-refractivity contribution in [2.45, 2.75) is 23.8 Å². The van der Waals surface area contributed by atoms with E-state index in [4.69, 9.17) is 4.74 Å². The SMILES string of the molecule is O=C(COC(=O)[C@@H]1CCCN1S(=O)(=O)c1ccccc1F)c1ccc(F)cc1. The lowest BCUT2D eigenvalue weighted by molar-refractivity contribution is -0.146.